The van der Waals surface area contributed by atoms with E-state index in [-0.39, 0.29) is 12.1 Å². The lowest BCUT2D eigenvalue weighted by molar-refractivity contribution is -0.387. The van der Waals surface area contributed by atoms with Gasteiger partial charge < -0.3 is 5.32 Å². The first-order valence-corrected chi connectivity index (χ1v) is 4.14. The first kappa shape index (κ1) is 13.8. The molecule has 1 aromatic rings. The Morgan fingerprint density at radius 2 is 1.78 bits per heavy atom. The van der Waals surface area contributed by atoms with E-state index in [0.29, 0.717) is 0 Å². The van der Waals surface area contributed by atoms with Crippen molar-refractivity contribution in [2.75, 3.05) is 5.32 Å². The minimum atomic E-state index is -5.30. The fourth-order valence-corrected chi connectivity index (χ4v) is 0.966. The Bertz CT molecular complexity index is 514. The van der Waals surface area contributed by atoms with Gasteiger partial charge >= 0.3 is 17.8 Å². The molecule has 0 fully saturated rings. The number of hydrogen-bond donors (Lipinski definition) is 1. The summed E-state index contributed by atoms with van der Waals surface area (Å²) in [5, 5.41) is 11.3. The average molecular weight is 270 g/mol. The van der Waals surface area contributed by atoms with Crippen LogP contribution in [0.5, 0.6) is 0 Å². The molecule has 1 aromatic carbocycles. The summed E-state index contributed by atoms with van der Waals surface area (Å²) in [6.45, 7) is 0. The standard InChI is InChI=1S/C8H3F5N2O3/c9-3-1-4(10)6(15(17)18)2-5(3)14-7(16)8(11,12)13/h1-2H,(H,14,16). The molecule has 0 unspecified atom stereocenters. The summed E-state index contributed by atoms with van der Waals surface area (Å²) in [6.07, 6.45) is -5.30. The molecular weight excluding hydrogens is 267 g/mol. The summed E-state index contributed by atoms with van der Waals surface area (Å²) < 4.78 is 61.4. The average Bonchev–Trinajstić information content (AvgIpc) is 2.19. The van der Waals surface area contributed by atoms with Crippen LogP contribution in [0.2, 0.25) is 0 Å². The van der Waals surface area contributed by atoms with Gasteiger partial charge in [-0.1, -0.05) is 0 Å². The smallest absolute Gasteiger partial charge is 0.315 e. The lowest BCUT2D eigenvalue weighted by Crippen LogP contribution is -2.30. The van der Waals surface area contributed by atoms with Crippen LogP contribution in [0.15, 0.2) is 12.1 Å². The van der Waals surface area contributed by atoms with E-state index in [0.717, 1.165) is 5.32 Å². The summed E-state index contributed by atoms with van der Waals surface area (Å²) >= 11 is 0. The monoisotopic (exact) mass is 270 g/mol. The molecular formula is C8H3F5N2O3. The number of nitro benzene ring substituents is 1. The van der Waals surface area contributed by atoms with Gasteiger partial charge in [-0.3, -0.25) is 14.9 Å². The van der Waals surface area contributed by atoms with Gasteiger partial charge in [-0.25, -0.2) is 4.39 Å². The van der Waals surface area contributed by atoms with Crippen LogP contribution < -0.4 is 5.32 Å². The van der Waals surface area contributed by atoms with Crippen LogP contribution in [0.25, 0.3) is 0 Å². The van der Waals surface area contributed by atoms with Crippen molar-refractivity contribution in [3.63, 3.8) is 0 Å². The molecule has 10 heteroatoms. The van der Waals surface area contributed by atoms with E-state index in [9.17, 15) is 36.9 Å². The maximum atomic E-state index is 13.0. The third-order valence-corrected chi connectivity index (χ3v) is 1.74. The highest BCUT2D eigenvalue weighted by Gasteiger charge is 2.39. The Morgan fingerprint density at radius 1 is 1.22 bits per heavy atom. The summed E-state index contributed by atoms with van der Waals surface area (Å²) in [4.78, 5) is 19.5. The van der Waals surface area contributed by atoms with Gasteiger partial charge in [0.1, 0.15) is 5.82 Å². The second-order valence-electron chi connectivity index (χ2n) is 2.99. The van der Waals surface area contributed by atoms with E-state index in [4.69, 9.17) is 0 Å². The van der Waals surface area contributed by atoms with Crippen LogP contribution in [0, 0.1) is 21.7 Å². The van der Waals surface area contributed by atoms with Crippen molar-refractivity contribution in [2.45, 2.75) is 6.18 Å². The number of rotatable bonds is 2. The molecule has 1 rings (SSSR count). The minimum absolute atomic E-state index is 0.00409. The van der Waals surface area contributed by atoms with E-state index in [1.807, 2.05) is 0 Å². The quantitative estimate of drug-likeness (QED) is 0.509. The predicted octanol–water partition coefficient (Wildman–Crippen LogP) is 2.37. The largest absolute Gasteiger partial charge is 0.471 e. The van der Waals surface area contributed by atoms with Gasteiger partial charge in [0.05, 0.1) is 10.6 Å². The molecule has 0 radical (unpaired) electrons. The number of alkyl halides is 3. The topological polar surface area (TPSA) is 72.2 Å². The number of hydrogen-bond acceptors (Lipinski definition) is 3. The molecule has 98 valence electrons. The van der Waals surface area contributed by atoms with Gasteiger partial charge in [-0.2, -0.15) is 17.6 Å². The molecule has 0 aliphatic carbocycles. The maximum Gasteiger partial charge on any atom is 0.471 e. The first-order chi connectivity index (χ1) is 8.12. The highest BCUT2D eigenvalue weighted by molar-refractivity contribution is 5.95. The van der Waals surface area contributed by atoms with Crippen molar-refractivity contribution in [3.05, 3.63) is 33.9 Å². The zero-order valence-corrected chi connectivity index (χ0v) is 8.22. The molecule has 0 aliphatic heterocycles. The molecule has 1 amide bonds. The fraction of sp³-hybridized carbons (Fsp3) is 0.125. The van der Waals surface area contributed by atoms with Gasteiger partial charge in [0.2, 0.25) is 5.82 Å². The van der Waals surface area contributed by atoms with Crippen LogP contribution in [0.1, 0.15) is 0 Å². The lowest BCUT2D eigenvalue weighted by atomic mass is 10.2. The third kappa shape index (κ3) is 2.90. The summed E-state index contributed by atoms with van der Waals surface area (Å²) in [5.41, 5.74) is -2.39. The Morgan fingerprint density at radius 3 is 2.22 bits per heavy atom. The van der Waals surface area contributed by atoms with Crippen molar-refractivity contribution in [3.8, 4) is 0 Å². The third-order valence-electron chi connectivity index (χ3n) is 1.74. The zero-order chi connectivity index (χ0) is 14.1. The van der Waals surface area contributed by atoms with E-state index < -0.39 is 40.0 Å². The second kappa shape index (κ2) is 4.55. The molecule has 5 nitrogen and oxygen atoms in total. The van der Waals surface area contributed by atoms with Crippen molar-refractivity contribution < 1.29 is 31.7 Å². The number of nitrogens with zero attached hydrogens (tertiary/aromatic N) is 1. The van der Waals surface area contributed by atoms with Crippen LogP contribution in [-0.2, 0) is 4.79 Å². The van der Waals surface area contributed by atoms with Gasteiger partial charge in [-0.05, 0) is 0 Å². The SMILES string of the molecule is O=C(Nc1cc([N+](=O)[O-])c(F)cc1F)C(F)(F)F. The highest BCUT2D eigenvalue weighted by Crippen LogP contribution is 2.26. The van der Waals surface area contributed by atoms with E-state index in [2.05, 4.69) is 0 Å². The molecule has 18 heavy (non-hydrogen) atoms. The normalized spacial score (nSPS) is 11.2. The van der Waals surface area contributed by atoms with E-state index >= 15 is 0 Å². The summed E-state index contributed by atoms with van der Waals surface area (Å²) in [6, 6.07) is 0.165. The lowest BCUT2D eigenvalue weighted by Gasteiger charge is -2.08. The number of nitro groups is 1. The van der Waals surface area contributed by atoms with Crippen LogP contribution in [0.4, 0.5) is 33.3 Å². The summed E-state index contributed by atoms with van der Waals surface area (Å²) in [7, 11) is 0. The Hall–Kier alpha value is -2.26. The molecule has 0 bridgehead atoms. The van der Waals surface area contributed by atoms with Crippen molar-refractivity contribution >= 4 is 17.3 Å². The number of carbonyl (C=O) groups is 1. The number of carbonyl (C=O) groups excluding carboxylic acids is 1. The molecule has 1 N–H and O–H groups in total. The predicted molar refractivity (Wildman–Crippen MR) is 47.7 cm³/mol. The first-order valence-electron chi connectivity index (χ1n) is 4.14. The van der Waals surface area contributed by atoms with Crippen LogP contribution in [-0.4, -0.2) is 17.0 Å². The van der Waals surface area contributed by atoms with Gasteiger partial charge in [0.25, 0.3) is 0 Å². The second-order valence-corrected chi connectivity index (χ2v) is 2.99. The Balaban J connectivity index is 3.14. The molecule has 0 saturated carbocycles. The van der Waals surface area contributed by atoms with Crippen molar-refractivity contribution in [1.29, 1.82) is 0 Å². The molecule has 0 atom stereocenters. The number of anilines is 1. The minimum Gasteiger partial charge on any atom is -0.315 e. The van der Waals surface area contributed by atoms with E-state index in [1.165, 1.54) is 0 Å². The van der Waals surface area contributed by atoms with Crippen molar-refractivity contribution in [2.24, 2.45) is 0 Å². The summed E-state index contributed by atoms with van der Waals surface area (Å²) in [5.74, 6) is -5.65. The fourth-order valence-electron chi connectivity index (χ4n) is 0.966. The highest BCUT2D eigenvalue weighted by atomic mass is 19.4. The molecule has 0 spiro atoms. The number of amides is 1. The van der Waals surface area contributed by atoms with Crippen LogP contribution in [0.3, 0.4) is 0 Å². The zero-order valence-electron chi connectivity index (χ0n) is 8.22. The Labute approximate surface area is 95.4 Å². The Kier molecular flexibility index (Phi) is 3.49. The molecule has 0 aliphatic rings. The van der Waals surface area contributed by atoms with Crippen LogP contribution >= 0.6 is 0 Å². The number of nitrogens with one attached hydrogen (secondary N) is 1. The molecule has 0 saturated heterocycles. The molecule has 0 aromatic heterocycles. The number of halogens is 5. The maximum absolute atomic E-state index is 13.0. The number of benzene rings is 1. The van der Waals surface area contributed by atoms with Gasteiger partial charge in [0.15, 0.2) is 0 Å². The van der Waals surface area contributed by atoms with E-state index in [1.54, 1.807) is 0 Å². The van der Waals surface area contributed by atoms with Gasteiger partial charge in [-0.15, -0.1) is 0 Å². The molecule has 0 heterocycles. The van der Waals surface area contributed by atoms with Gasteiger partial charge in [0, 0.05) is 12.1 Å². The van der Waals surface area contributed by atoms with Crippen molar-refractivity contribution in [1.82, 2.24) is 0 Å².